The quantitative estimate of drug-likeness (QED) is 0.781. The summed E-state index contributed by atoms with van der Waals surface area (Å²) in [7, 11) is 1.62. The van der Waals surface area contributed by atoms with Gasteiger partial charge in [0.25, 0.3) is 5.91 Å². The first-order valence-electron chi connectivity index (χ1n) is 7.48. The number of rotatable bonds is 5. The fraction of sp³-hybridized carbons (Fsp3) is 0.167. The molecule has 1 amide bonds. The van der Waals surface area contributed by atoms with E-state index < -0.39 is 0 Å². The maximum absolute atomic E-state index is 12.6. The summed E-state index contributed by atoms with van der Waals surface area (Å²) in [6, 6.07) is 12.9. The molecule has 6 heteroatoms. The van der Waals surface area contributed by atoms with Crippen LogP contribution in [0.5, 0.6) is 5.75 Å². The lowest BCUT2D eigenvalue weighted by molar-refractivity contribution is 0.0950. The highest BCUT2D eigenvalue weighted by Gasteiger charge is 2.22. The predicted molar refractivity (Wildman–Crippen MR) is 88.6 cm³/mol. The Morgan fingerprint density at radius 2 is 2.00 bits per heavy atom. The highest BCUT2D eigenvalue weighted by molar-refractivity contribution is 6.00. The van der Waals surface area contributed by atoms with Crippen molar-refractivity contribution in [1.29, 1.82) is 0 Å². The van der Waals surface area contributed by atoms with Crippen molar-refractivity contribution in [3.63, 3.8) is 0 Å². The Morgan fingerprint density at radius 1 is 1.21 bits per heavy atom. The van der Waals surface area contributed by atoms with Crippen LogP contribution in [-0.4, -0.2) is 23.2 Å². The van der Waals surface area contributed by atoms with Gasteiger partial charge in [-0.05, 0) is 36.8 Å². The second kappa shape index (κ2) is 6.95. The zero-order chi connectivity index (χ0) is 16.9. The zero-order valence-electron chi connectivity index (χ0n) is 13.4. The van der Waals surface area contributed by atoms with E-state index in [1.165, 1.54) is 0 Å². The van der Waals surface area contributed by atoms with E-state index in [4.69, 9.17) is 9.26 Å². The van der Waals surface area contributed by atoms with Crippen LogP contribution < -0.4 is 10.1 Å². The summed E-state index contributed by atoms with van der Waals surface area (Å²) in [6.07, 6.45) is 1.65. The lowest BCUT2D eigenvalue weighted by atomic mass is 10.1. The first-order chi connectivity index (χ1) is 11.7. The molecule has 0 aliphatic rings. The van der Waals surface area contributed by atoms with Crippen LogP contribution in [0.4, 0.5) is 0 Å². The van der Waals surface area contributed by atoms with Crippen LogP contribution in [0.15, 0.2) is 53.2 Å². The van der Waals surface area contributed by atoms with Gasteiger partial charge in [-0.3, -0.25) is 9.78 Å². The van der Waals surface area contributed by atoms with E-state index in [1.807, 2.05) is 30.3 Å². The third-order valence-corrected chi connectivity index (χ3v) is 3.61. The summed E-state index contributed by atoms with van der Waals surface area (Å²) in [6.45, 7) is 2.11. The van der Waals surface area contributed by atoms with Crippen LogP contribution in [0.3, 0.4) is 0 Å². The maximum Gasteiger partial charge on any atom is 0.257 e. The molecule has 3 rings (SSSR count). The van der Waals surface area contributed by atoms with E-state index >= 15 is 0 Å². The van der Waals surface area contributed by atoms with Crippen LogP contribution in [0, 0.1) is 6.92 Å². The number of pyridine rings is 1. The average Bonchev–Trinajstić information content (AvgIpc) is 3.02. The van der Waals surface area contributed by atoms with Crippen molar-refractivity contribution >= 4 is 5.91 Å². The van der Waals surface area contributed by atoms with Gasteiger partial charge in [-0.25, -0.2) is 0 Å². The van der Waals surface area contributed by atoms with E-state index in [2.05, 4.69) is 15.5 Å². The smallest absolute Gasteiger partial charge is 0.257 e. The Balaban J connectivity index is 1.76. The van der Waals surface area contributed by atoms with Crippen molar-refractivity contribution in [2.24, 2.45) is 0 Å². The van der Waals surface area contributed by atoms with Gasteiger partial charge in [0.05, 0.1) is 12.8 Å². The standard InChI is InChI=1S/C18H17N3O3/c1-12-16(17(21-24-12)15-5-3-4-10-19-15)18(22)20-11-13-6-8-14(23-2)9-7-13/h3-10H,11H2,1-2H3,(H,20,22). The molecule has 122 valence electrons. The largest absolute Gasteiger partial charge is 0.497 e. The first kappa shape index (κ1) is 15.7. The van der Waals surface area contributed by atoms with Crippen molar-refractivity contribution in [1.82, 2.24) is 15.5 Å². The van der Waals surface area contributed by atoms with Crippen LogP contribution >= 0.6 is 0 Å². The average molecular weight is 323 g/mol. The van der Waals surface area contributed by atoms with Crippen molar-refractivity contribution in [2.45, 2.75) is 13.5 Å². The van der Waals surface area contributed by atoms with Gasteiger partial charge in [0.15, 0.2) is 0 Å². The van der Waals surface area contributed by atoms with Gasteiger partial charge >= 0.3 is 0 Å². The maximum atomic E-state index is 12.6. The summed E-state index contributed by atoms with van der Waals surface area (Å²) < 4.78 is 10.3. The Morgan fingerprint density at radius 3 is 2.67 bits per heavy atom. The topological polar surface area (TPSA) is 77.2 Å². The lowest BCUT2D eigenvalue weighted by Gasteiger charge is -2.06. The highest BCUT2D eigenvalue weighted by Crippen LogP contribution is 2.23. The number of benzene rings is 1. The molecule has 0 aliphatic heterocycles. The first-order valence-corrected chi connectivity index (χ1v) is 7.48. The second-order valence-electron chi connectivity index (χ2n) is 5.21. The number of hydrogen-bond acceptors (Lipinski definition) is 5. The fourth-order valence-electron chi connectivity index (χ4n) is 2.33. The predicted octanol–water partition coefficient (Wildman–Crippen LogP) is 2.98. The minimum absolute atomic E-state index is 0.245. The molecule has 0 spiro atoms. The number of methoxy groups -OCH3 is 1. The van der Waals surface area contributed by atoms with Crippen molar-refractivity contribution < 1.29 is 14.1 Å². The molecule has 0 atom stereocenters. The molecule has 0 saturated heterocycles. The van der Waals surface area contributed by atoms with E-state index in [0.29, 0.717) is 29.3 Å². The molecule has 0 radical (unpaired) electrons. The van der Waals surface area contributed by atoms with E-state index in [1.54, 1.807) is 32.4 Å². The molecule has 24 heavy (non-hydrogen) atoms. The molecule has 0 bridgehead atoms. The minimum atomic E-state index is -0.245. The molecular formula is C18H17N3O3. The minimum Gasteiger partial charge on any atom is -0.497 e. The van der Waals surface area contributed by atoms with E-state index in [-0.39, 0.29) is 5.91 Å². The van der Waals surface area contributed by atoms with Crippen LogP contribution in [0.25, 0.3) is 11.4 Å². The number of amides is 1. The number of aryl methyl sites for hydroxylation is 1. The van der Waals surface area contributed by atoms with Crippen LogP contribution in [0.2, 0.25) is 0 Å². The number of carbonyl (C=O) groups excluding carboxylic acids is 1. The third kappa shape index (κ3) is 3.27. The van der Waals surface area contributed by atoms with Crippen LogP contribution in [0.1, 0.15) is 21.7 Å². The summed E-state index contributed by atoms with van der Waals surface area (Å²) in [5, 5.41) is 6.85. The zero-order valence-corrected chi connectivity index (χ0v) is 13.4. The van der Waals surface area contributed by atoms with Gasteiger partial charge < -0.3 is 14.6 Å². The summed E-state index contributed by atoms with van der Waals surface area (Å²) in [5.41, 5.74) is 2.42. The highest BCUT2D eigenvalue weighted by atomic mass is 16.5. The molecule has 6 nitrogen and oxygen atoms in total. The Bertz CT molecular complexity index is 826. The molecule has 0 unspecified atom stereocenters. The normalized spacial score (nSPS) is 10.4. The molecular weight excluding hydrogens is 306 g/mol. The molecule has 0 aliphatic carbocycles. The van der Waals surface area contributed by atoms with Gasteiger partial charge in [-0.1, -0.05) is 23.4 Å². The molecule has 2 aromatic heterocycles. The number of nitrogens with zero attached hydrogens (tertiary/aromatic N) is 2. The summed E-state index contributed by atoms with van der Waals surface area (Å²) in [4.78, 5) is 16.8. The second-order valence-corrected chi connectivity index (χ2v) is 5.21. The molecule has 0 saturated carbocycles. The van der Waals surface area contributed by atoms with Crippen molar-refractivity contribution in [2.75, 3.05) is 7.11 Å². The molecule has 1 aromatic carbocycles. The van der Waals surface area contributed by atoms with E-state index in [0.717, 1.165) is 11.3 Å². The van der Waals surface area contributed by atoms with Crippen LogP contribution in [-0.2, 0) is 6.54 Å². The van der Waals surface area contributed by atoms with E-state index in [9.17, 15) is 4.79 Å². The number of aromatic nitrogens is 2. The van der Waals surface area contributed by atoms with Gasteiger partial charge in [0, 0.05) is 12.7 Å². The number of nitrogens with one attached hydrogen (secondary N) is 1. The fourth-order valence-corrected chi connectivity index (χ4v) is 2.33. The van der Waals surface area contributed by atoms with Gasteiger partial charge in [0.1, 0.15) is 22.8 Å². The summed E-state index contributed by atoms with van der Waals surface area (Å²) in [5.74, 6) is 0.991. The Hall–Kier alpha value is -3.15. The van der Waals surface area contributed by atoms with Gasteiger partial charge in [-0.2, -0.15) is 0 Å². The molecule has 3 aromatic rings. The number of carbonyl (C=O) groups is 1. The van der Waals surface area contributed by atoms with Gasteiger partial charge in [0.2, 0.25) is 0 Å². The molecule has 0 fully saturated rings. The van der Waals surface area contributed by atoms with Gasteiger partial charge in [-0.15, -0.1) is 0 Å². The Kier molecular flexibility index (Phi) is 4.56. The number of hydrogen-bond donors (Lipinski definition) is 1. The van der Waals surface area contributed by atoms with Crippen molar-refractivity contribution in [3.05, 3.63) is 65.5 Å². The Labute approximate surface area is 139 Å². The monoisotopic (exact) mass is 323 g/mol. The number of ether oxygens (including phenoxy) is 1. The summed E-state index contributed by atoms with van der Waals surface area (Å²) >= 11 is 0. The SMILES string of the molecule is COc1ccc(CNC(=O)c2c(-c3ccccn3)noc2C)cc1. The molecule has 1 N–H and O–H groups in total. The molecule has 2 heterocycles. The lowest BCUT2D eigenvalue weighted by Crippen LogP contribution is -2.23. The third-order valence-electron chi connectivity index (χ3n) is 3.61. The van der Waals surface area contributed by atoms with Crippen molar-refractivity contribution in [3.8, 4) is 17.1 Å².